The zero-order valence-electron chi connectivity index (χ0n) is 13.9. The van der Waals surface area contributed by atoms with Crippen molar-refractivity contribution in [1.29, 1.82) is 0 Å². The first-order chi connectivity index (χ1) is 11.9. The quantitative estimate of drug-likeness (QED) is 0.758. The lowest BCUT2D eigenvalue weighted by Gasteiger charge is -2.38. The molecule has 1 amide bonds. The maximum Gasteiger partial charge on any atom is 0.257 e. The first kappa shape index (κ1) is 16.9. The molecular weight excluding hydrogens is 360 g/mol. The summed E-state index contributed by atoms with van der Waals surface area (Å²) in [6.07, 6.45) is 4.23. The summed E-state index contributed by atoms with van der Waals surface area (Å²) in [6.45, 7) is 0. The molecule has 2 bridgehead atoms. The number of carbonyl (C=O) groups excluding carboxylic acids is 1. The minimum atomic E-state index is -3.04. The van der Waals surface area contributed by atoms with Gasteiger partial charge in [-0.05, 0) is 37.8 Å². The zero-order valence-corrected chi connectivity index (χ0v) is 15.6. The molecule has 1 aromatic carbocycles. The van der Waals surface area contributed by atoms with Gasteiger partial charge < -0.3 is 9.32 Å². The molecule has 0 saturated carbocycles. The maximum absolute atomic E-state index is 12.7. The van der Waals surface area contributed by atoms with Crippen LogP contribution in [-0.4, -0.2) is 53.6 Å². The number of para-hydroxylation sites is 2. The summed E-state index contributed by atoms with van der Waals surface area (Å²) in [4.78, 5) is 19.0. The predicted molar refractivity (Wildman–Crippen MR) is 96.3 cm³/mol. The Hall–Kier alpha value is -1.54. The van der Waals surface area contributed by atoms with E-state index in [2.05, 4.69) is 4.98 Å². The molecule has 0 N–H and O–H groups in total. The monoisotopic (exact) mass is 380 g/mol. The molecule has 3 heterocycles. The van der Waals surface area contributed by atoms with Gasteiger partial charge in [-0.1, -0.05) is 23.9 Å². The normalized spacial score (nSPS) is 26.3. The van der Waals surface area contributed by atoms with E-state index in [0.717, 1.165) is 18.4 Å². The van der Waals surface area contributed by atoms with E-state index in [4.69, 9.17) is 4.42 Å². The number of hydrogen-bond acceptors (Lipinski definition) is 6. The van der Waals surface area contributed by atoms with Crippen molar-refractivity contribution in [3.8, 4) is 0 Å². The molecule has 25 heavy (non-hydrogen) atoms. The number of hydrogen-bond donors (Lipinski definition) is 0. The van der Waals surface area contributed by atoms with E-state index >= 15 is 0 Å². The molecule has 1 aromatic heterocycles. The van der Waals surface area contributed by atoms with Crippen LogP contribution >= 0.6 is 11.8 Å². The van der Waals surface area contributed by atoms with Crippen molar-refractivity contribution < 1.29 is 17.6 Å². The molecule has 2 aromatic rings. The lowest BCUT2D eigenvalue weighted by Crippen LogP contribution is -2.50. The summed E-state index contributed by atoms with van der Waals surface area (Å²) in [5.74, 6) is 0.315. The Morgan fingerprint density at radius 2 is 1.96 bits per heavy atom. The van der Waals surface area contributed by atoms with E-state index in [1.807, 2.05) is 29.2 Å². The Morgan fingerprint density at radius 1 is 1.28 bits per heavy atom. The van der Waals surface area contributed by atoms with Gasteiger partial charge in [-0.3, -0.25) is 4.79 Å². The third kappa shape index (κ3) is 3.29. The molecule has 2 saturated heterocycles. The molecule has 2 aliphatic rings. The summed E-state index contributed by atoms with van der Waals surface area (Å²) < 4.78 is 29.3. The first-order valence-electron chi connectivity index (χ1n) is 8.40. The van der Waals surface area contributed by atoms with Gasteiger partial charge in [0.2, 0.25) is 5.91 Å². The average Bonchev–Trinajstić information content (AvgIpc) is 3.09. The number of rotatable bonds is 4. The molecule has 2 aliphatic heterocycles. The number of benzene rings is 1. The number of carbonyl (C=O) groups is 1. The van der Waals surface area contributed by atoms with Crippen LogP contribution in [0, 0.1) is 0 Å². The highest BCUT2D eigenvalue weighted by atomic mass is 32.2. The number of piperidine rings is 1. The largest absolute Gasteiger partial charge is 0.431 e. The second-order valence-electron chi connectivity index (χ2n) is 6.85. The molecule has 134 valence electrons. The standard InChI is InChI=1S/C17H20N2O4S2/c1-25(21,22)13-8-11-6-7-12(9-13)19(11)16(20)10-24-17-18-14-4-2-3-5-15(14)23-17/h2-5,11-13H,6-10H2,1H3. The van der Waals surface area contributed by atoms with Crippen LogP contribution in [0.4, 0.5) is 0 Å². The van der Waals surface area contributed by atoms with E-state index in [0.29, 0.717) is 23.6 Å². The van der Waals surface area contributed by atoms with Crippen LogP contribution in [0.1, 0.15) is 25.7 Å². The van der Waals surface area contributed by atoms with Gasteiger partial charge >= 0.3 is 0 Å². The van der Waals surface area contributed by atoms with Crippen molar-refractivity contribution in [3.05, 3.63) is 24.3 Å². The first-order valence-corrected chi connectivity index (χ1v) is 11.3. The molecule has 0 aliphatic carbocycles. The predicted octanol–water partition coefficient (Wildman–Crippen LogP) is 2.49. The van der Waals surface area contributed by atoms with E-state index < -0.39 is 9.84 Å². The highest BCUT2D eigenvalue weighted by molar-refractivity contribution is 7.99. The molecule has 2 fully saturated rings. The van der Waals surface area contributed by atoms with Crippen LogP contribution in [0.2, 0.25) is 0 Å². The van der Waals surface area contributed by atoms with Crippen molar-refractivity contribution in [2.75, 3.05) is 12.0 Å². The van der Waals surface area contributed by atoms with Gasteiger partial charge in [0.15, 0.2) is 5.58 Å². The minimum Gasteiger partial charge on any atom is -0.431 e. The van der Waals surface area contributed by atoms with Crippen LogP contribution in [0.5, 0.6) is 0 Å². The second-order valence-corrected chi connectivity index (χ2v) is 10.1. The van der Waals surface area contributed by atoms with Crippen molar-refractivity contribution in [2.45, 2.75) is 48.2 Å². The number of sulfone groups is 1. The van der Waals surface area contributed by atoms with Gasteiger partial charge in [-0.15, -0.1) is 0 Å². The van der Waals surface area contributed by atoms with Gasteiger partial charge in [-0.25, -0.2) is 13.4 Å². The average molecular weight is 380 g/mol. The van der Waals surface area contributed by atoms with Crippen LogP contribution in [0.3, 0.4) is 0 Å². The van der Waals surface area contributed by atoms with Crippen LogP contribution < -0.4 is 0 Å². The van der Waals surface area contributed by atoms with Gasteiger partial charge in [0.05, 0.1) is 11.0 Å². The van der Waals surface area contributed by atoms with Crippen LogP contribution in [0.15, 0.2) is 33.9 Å². The number of nitrogens with zero attached hydrogens (tertiary/aromatic N) is 2. The van der Waals surface area contributed by atoms with Crippen molar-refractivity contribution in [3.63, 3.8) is 0 Å². The molecule has 2 atom stereocenters. The molecule has 6 nitrogen and oxygen atoms in total. The summed E-state index contributed by atoms with van der Waals surface area (Å²) in [6, 6.07) is 7.61. The molecular formula is C17H20N2O4S2. The lowest BCUT2D eigenvalue weighted by atomic mass is 10.0. The number of fused-ring (bicyclic) bond motifs is 3. The molecule has 2 unspecified atom stereocenters. The zero-order chi connectivity index (χ0) is 17.6. The van der Waals surface area contributed by atoms with Crippen molar-refractivity contribution in [1.82, 2.24) is 9.88 Å². The Kier molecular flexibility index (Phi) is 4.27. The van der Waals surface area contributed by atoms with E-state index in [9.17, 15) is 13.2 Å². The van der Waals surface area contributed by atoms with E-state index in [1.165, 1.54) is 18.0 Å². The minimum absolute atomic E-state index is 0.0479. The van der Waals surface area contributed by atoms with Gasteiger partial charge in [0.1, 0.15) is 15.4 Å². The topological polar surface area (TPSA) is 80.5 Å². The molecule has 4 rings (SSSR count). The number of thioether (sulfide) groups is 1. The van der Waals surface area contributed by atoms with Crippen molar-refractivity contribution in [2.24, 2.45) is 0 Å². The fourth-order valence-electron chi connectivity index (χ4n) is 3.99. The van der Waals surface area contributed by atoms with Gasteiger partial charge in [0, 0.05) is 18.3 Å². The number of oxazole rings is 1. The van der Waals surface area contributed by atoms with Gasteiger partial charge in [0.25, 0.3) is 5.22 Å². The summed E-state index contributed by atoms with van der Waals surface area (Å²) in [7, 11) is -3.04. The highest BCUT2D eigenvalue weighted by Gasteiger charge is 2.45. The molecule has 0 spiro atoms. The summed E-state index contributed by atoms with van der Waals surface area (Å²) >= 11 is 1.30. The fraction of sp³-hybridized carbons (Fsp3) is 0.529. The summed E-state index contributed by atoms with van der Waals surface area (Å²) in [5.41, 5.74) is 1.50. The van der Waals surface area contributed by atoms with Crippen molar-refractivity contribution >= 4 is 38.6 Å². The number of amides is 1. The third-order valence-corrected chi connectivity index (χ3v) is 7.59. The molecule has 8 heteroatoms. The maximum atomic E-state index is 12.7. The van der Waals surface area contributed by atoms with Crippen LogP contribution in [-0.2, 0) is 14.6 Å². The van der Waals surface area contributed by atoms with E-state index in [1.54, 1.807) is 0 Å². The Labute approximate surface area is 150 Å². The smallest absolute Gasteiger partial charge is 0.257 e. The Balaban J connectivity index is 1.42. The Bertz CT molecular complexity index is 861. The Morgan fingerprint density at radius 3 is 2.60 bits per heavy atom. The number of aromatic nitrogens is 1. The fourth-order valence-corrected chi connectivity index (χ4v) is 5.85. The van der Waals surface area contributed by atoms with E-state index in [-0.39, 0.29) is 29.0 Å². The molecule has 0 radical (unpaired) electrons. The van der Waals surface area contributed by atoms with Crippen LogP contribution in [0.25, 0.3) is 11.1 Å². The summed E-state index contributed by atoms with van der Waals surface area (Å²) in [5, 5.41) is 0.187. The third-order valence-electron chi connectivity index (χ3n) is 5.18. The highest BCUT2D eigenvalue weighted by Crippen LogP contribution is 2.38. The lowest BCUT2D eigenvalue weighted by molar-refractivity contribution is -0.132. The SMILES string of the molecule is CS(=O)(=O)C1CC2CCC(C1)N2C(=O)CSc1nc2ccccc2o1. The second kappa shape index (κ2) is 6.32. The van der Waals surface area contributed by atoms with Gasteiger partial charge in [-0.2, -0.15) is 0 Å².